The molecular formula is C18H25NO. The molecule has 1 aliphatic heterocycles. The average Bonchev–Trinajstić information content (AvgIpc) is 2.45. The van der Waals surface area contributed by atoms with Crippen molar-refractivity contribution in [2.45, 2.75) is 53.0 Å². The minimum absolute atomic E-state index is 0.198. The van der Waals surface area contributed by atoms with Gasteiger partial charge in [0.15, 0.2) is 5.78 Å². The monoisotopic (exact) mass is 271 g/mol. The molecule has 20 heavy (non-hydrogen) atoms. The maximum atomic E-state index is 11.5. The Morgan fingerprint density at radius 2 is 2.15 bits per heavy atom. The number of aryl methyl sites for hydroxylation is 1. The Labute approximate surface area is 122 Å². The summed E-state index contributed by atoms with van der Waals surface area (Å²) in [5.41, 5.74) is 5.03. The Morgan fingerprint density at radius 3 is 2.80 bits per heavy atom. The third kappa shape index (κ3) is 3.12. The van der Waals surface area contributed by atoms with Gasteiger partial charge < -0.3 is 4.90 Å². The zero-order valence-corrected chi connectivity index (χ0v) is 13.1. The highest BCUT2D eigenvalue weighted by atomic mass is 16.1. The van der Waals surface area contributed by atoms with E-state index >= 15 is 0 Å². The molecule has 1 aromatic rings. The molecule has 0 spiro atoms. The molecule has 0 bridgehead atoms. The predicted molar refractivity (Wildman–Crippen MR) is 86.2 cm³/mol. The van der Waals surface area contributed by atoms with Gasteiger partial charge in [0, 0.05) is 24.7 Å². The van der Waals surface area contributed by atoms with Crippen LogP contribution < -0.4 is 4.90 Å². The van der Waals surface area contributed by atoms with Crippen molar-refractivity contribution in [2.75, 3.05) is 11.4 Å². The quantitative estimate of drug-likeness (QED) is 0.764. The summed E-state index contributed by atoms with van der Waals surface area (Å²) >= 11 is 0. The van der Waals surface area contributed by atoms with Crippen molar-refractivity contribution in [3.05, 3.63) is 35.4 Å². The molecule has 2 heteroatoms. The summed E-state index contributed by atoms with van der Waals surface area (Å²) < 4.78 is 0. The van der Waals surface area contributed by atoms with Gasteiger partial charge in [-0.25, -0.2) is 0 Å². The van der Waals surface area contributed by atoms with Crippen LogP contribution in [-0.4, -0.2) is 18.4 Å². The lowest BCUT2D eigenvalue weighted by Crippen LogP contribution is -2.35. The van der Waals surface area contributed by atoms with Gasteiger partial charge in [-0.3, -0.25) is 4.79 Å². The second kappa shape index (κ2) is 6.25. The molecule has 2 nitrogen and oxygen atoms in total. The number of carbonyl (C=O) groups excluding carboxylic acids is 1. The third-order valence-electron chi connectivity index (χ3n) is 4.04. The van der Waals surface area contributed by atoms with Crippen molar-refractivity contribution in [1.82, 2.24) is 0 Å². The fourth-order valence-electron chi connectivity index (χ4n) is 2.83. The maximum absolute atomic E-state index is 11.5. The number of hydrogen-bond donors (Lipinski definition) is 0. The maximum Gasteiger partial charge on any atom is 0.155 e. The minimum atomic E-state index is 0.198. The zero-order valence-electron chi connectivity index (χ0n) is 13.1. The lowest BCUT2D eigenvalue weighted by Gasteiger charge is -2.35. The van der Waals surface area contributed by atoms with Crippen LogP contribution in [0.4, 0.5) is 5.69 Å². The lowest BCUT2D eigenvalue weighted by molar-refractivity contribution is -0.114. The Bertz CT molecular complexity index is 528. The van der Waals surface area contributed by atoms with Crippen LogP contribution in [0.15, 0.2) is 24.3 Å². The van der Waals surface area contributed by atoms with Gasteiger partial charge in [0.1, 0.15) is 0 Å². The van der Waals surface area contributed by atoms with Crippen molar-refractivity contribution >= 4 is 17.0 Å². The molecule has 0 unspecified atom stereocenters. The first-order valence-corrected chi connectivity index (χ1v) is 7.64. The molecular weight excluding hydrogens is 246 g/mol. The Hall–Kier alpha value is -1.57. The first-order valence-electron chi connectivity index (χ1n) is 7.64. The van der Waals surface area contributed by atoms with Crippen LogP contribution in [0.2, 0.25) is 0 Å². The molecule has 1 aromatic carbocycles. The van der Waals surface area contributed by atoms with E-state index in [1.807, 2.05) is 13.8 Å². The van der Waals surface area contributed by atoms with E-state index in [1.54, 1.807) is 6.08 Å². The third-order valence-corrected chi connectivity index (χ3v) is 4.04. The smallest absolute Gasteiger partial charge is 0.155 e. The fourth-order valence-corrected chi connectivity index (χ4v) is 2.83. The van der Waals surface area contributed by atoms with Gasteiger partial charge >= 0.3 is 0 Å². The van der Waals surface area contributed by atoms with E-state index in [0.717, 1.165) is 18.5 Å². The number of benzene rings is 1. The number of nitrogens with zero attached hydrogens (tertiary/aromatic N) is 1. The number of rotatable bonds is 4. The Kier molecular flexibility index (Phi) is 4.64. The van der Waals surface area contributed by atoms with Crippen LogP contribution in [0, 0.1) is 0 Å². The van der Waals surface area contributed by atoms with E-state index in [9.17, 15) is 4.79 Å². The molecule has 0 saturated heterocycles. The van der Waals surface area contributed by atoms with Crippen molar-refractivity contribution in [2.24, 2.45) is 0 Å². The topological polar surface area (TPSA) is 20.3 Å². The van der Waals surface area contributed by atoms with Crippen LogP contribution in [-0.2, 0) is 11.2 Å². The largest absolute Gasteiger partial charge is 0.369 e. The molecule has 0 saturated carbocycles. The van der Waals surface area contributed by atoms with Crippen LogP contribution in [0.1, 0.15) is 51.7 Å². The molecule has 0 amide bonds. The first-order chi connectivity index (χ1) is 9.52. The van der Waals surface area contributed by atoms with Crippen LogP contribution >= 0.6 is 0 Å². The van der Waals surface area contributed by atoms with Gasteiger partial charge in [0.25, 0.3) is 0 Å². The Balaban J connectivity index is 2.32. The summed E-state index contributed by atoms with van der Waals surface area (Å²) in [6, 6.07) is 7.17. The highest BCUT2D eigenvalue weighted by molar-refractivity contribution is 5.96. The van der Waals surface area contributed by atoms with E-state index in [0.29, 0.717) is 12.5 Å². The summed E-state index contributed by atoms with van der Waals surface area (Å²) in [7, 11) is 0. The van der Waals surface area contributed by atoms with Crippen LogP contribution in [0.3, 0.4) is 0 Å². The summed E-state index contributed by atoms with van der Waals surface area (Å²) in [4.78, 5) is 14.0. The second-order valence-corrected chi connectivity index (χ2v) is 5.88. The Morgan fingerprint density at radius 1 is 1.40 bits per heavy atom. The predicted octanol–water partition coefficient (Wildman–Crippen LogP) is 4.23. The number of allylic oxidation sites excluding steroid dienone is 2. The molecule has 0 N–H and O–H groups in total. The second-order valence-electron chi connectivity index (χ2n) is 5.88. The normalized spacial score (nSPS) is 15.4. The molecule has 0 aliphatic carbocycles. The minimum Gasteiger partial charge on any atom is -0.369 e. The van der Waals surface area contributed by atoms with Crippen molar-refractivity contribution in [3.8, 4) is 0 Å². The molecule has 0 atom stereocenters. The van der Waals surface area contributed by atoms with Crippen LogP contribution in [0.5, 0.6) is 0 Å². The lowest BCUT2D eigenvalue weighted by atomic mass is 9.95. The van der Waals surface area contributed by atoms with Crippen molar-refractivity contribution < 1.29 is 4.79 Å². The average molecular weight is 271 g/mol. The molecule has 0 radical (unpaired) electrons. The molecule has 2 rings (SSSR count). The standard InChI is InChI=1S/C18H25NO/c1-5-17(20)11-14(4)15-8-9-18-16(12-15)7-6-10-19(18)13(2)3/h8-9,11-13H,5-7,10H2,1-4H3/b14-11+. The van der Waals surface area contributed by atoms with Crippen molar-refractivity contribution in [1.29, 1.82) is 0 Å². The van der Waals surface area contributed by atoms with E-state index in [4.69, 9.17) is 0 Å². The first kappa shape index (κ1) is 14.8. The van der Waals surface area contributed by atoms with Gasteiger partial charge in [-0.1, -0.05) is 13.0 Å². The van der Waals surface area contributed by atoms with Gasteiger partial charge in [-0.15, -0.1) is 0 Å². The van der Waals surface area contributed by atoms with Crippen molar-refractivity contribution in [3.63, 3.8) is 0 Å². The van der Waals surface area contributed by atoms with E-state index in [-0.39, 0.29) is 5.78 Å². The van der Waals surface area contributed by atoms with E-state index < -0.39 is 0 Å². The molecule has 0 fully saturated rings. The number of anilines is 1. The van der Waals surface area contributed by atoms with Gasteiger partial charge in [-0.05, 0) is 68.5 Å². The number of hydrogen-bond acceptors (Lipinski definition) is 2. The van der Waals surface area contributed by atoms with Gasteiger partial charge in [0.2, 0.25) is 0 Å². The SMILES string of the molecule is CCC(=O)/C=C(\C)c1ccc2c(c1)CCCN2C(C)C. The molecule has 1 aliphatic rings. The molecule has 0 aromatic heterocycles. The van der Waals surface area contributed by atoms with Gasteiger partial charge in [0.05, 0.1) is 0 Å². The number of fused-ring (bicyclic) bond motifs is 1. The molecule has 108 valence electrons. The highest BCUT2D eigenvalue weighted by Gasteiger charge is 2.19. The van der Waals surface area contributed by atoms with Gasteiger partial charge in [-0.2, -0.15) is 0 Å². The van der Waals surface area contributed by atoms with E-state index in [1.165, 1.54) is 23.2 Å². The summed E-state index contributed by atoms with van der Waals surface area (Å²) in [5, 5.41) is 0. The summed E-state index contributed by atoms with van der Waals surface area (Å²) in [5.74, 6) is 0.198. The zero-order chi connectivity index (χ0) is 14.7. The van der Waals surface area contributed by atoms with E-state index in [2.05, 4.69) is 36.9 Å². The number of ketones is 1. The summed E-state index contributed by atoms with van der Waals surface area (Å²) in [6.07, 6.45) is 4.70. The number of carbonyl (C=O) groups is 1. The van der Waals surface area contributed by atoms with Crippen LogP contribution in [0.25, 0.3) is 5.57 Å². The highest BCUT2D eigenvalue weighted by Crippen LogP contribution is 2.31. The summed E-state index contributed by atoms with van der Waals surface area (Å²) in [6.45, 7) is 9.56. The fraction of sp³-hybridized carbons (Fsp3) is 0.500. The molecule has 1 heterocycles.